The molecule has 2 rings (SSSR count). The minimum atomic E-state index is -0.182. The van der Waals surface area contributed by atoms with Gasteiger partial charge in [-0.15, -0.1) is 0 Å². The van der Waals surface area contributed by atoms with E-state index in [2.05, 4.69) is 26.0 Å². The van der Waals surface area contributed by atoms with E-state index >= 15 is 0 Å². The number of carbonyl (C=O) groups is 1. The van der Waals surface area contributed by atoms with Gasteiger partial charge in [-0.2, -0.15) is 0 Å². The number of carbonyl (C=O) groups excluding carboxylic acids is 1. The quantitative estimate of drug-likeness (QED) is 0.547. The lowest BCUT2D eigenvalue weighted by atomic mass is 9.70. The Morgan fingerprint density at radius 3 is 2.78 bits per heavy atom. The lowest BCUT2D eigenvalue weighted by Gasteiger charge is -2.34. The van der Waals surface area contributed by atoms with Gasteiger partial charge < -0.3 is 4.74 Å². The van der Waals surface area contributed by atoms with E-state index in [4.69, 9.17) is 4.74 Å². The van der Waals surface area contributed by atoms with Crippen molar-refractivity contribution in [3.05, 3.63) is 34.9 Å². The van der Waals surface area contributed by atoms with E-state index in [0.717, 1.165) is 5.57 Å². The summed E-state index contributed by atoms with van der Waals surface area (Å²) >= 11 is 0. The third kappa shape index (κ3) is 2.58. The average Bonchev–Trinajstić information content (AvgIpc) is 2.37. The Hall–Kier alpha value is -1.31. The highest BCUT2D eigenvalue weighted by atomic mass is 16.5. The molecular weight excluding hydrogens is 224 g/mol. The van der Waals surface area contributed by atoms with Crippen molar-refractivity contribution in [2.45, 2.75) is 39.5 Å². The van der Waals surface area contributed by atoms with Crippen molar-refractivity contribution >= 4 is 5.97 Å². The normalized spacial score (nSPS) is 26.6. The molecule has 1 saturated carbocycles. The molecule has 0 amide bonds. The number of hydrogen-bond donors (Lipinski definition) is 0. The first kappa shape index (κ1) is 13.1. The van der Waals surface area contributed by atoms with Gasteiger partial charge in [0.2, 0.25) is 0 Å². The summed E-state index contributed by atoms with van der Waals surface area (Å²) in [7, 11) is 1.46. The van der Waals surface area contributed by atoms with Gasteiger partial charge in [-0.1, -0.05) is 35.8 Å². The van der Waals surface area contributed by atoms with Crippen LogP contribution in [0.25, 0.3) is 0 Å². The second-order valence-electron chi connectivity index (χ2n) is 5.48. The molecule has 2 unspecified atom stereocenters. The fourth-order valence-corrected chi connectivity index (χ4v) is 3.09. The molecule has 2 heteroatoms. The largest absolute Gasteiger partial charge is 0.466 e. The summed E-state index contributed by atoms with van der Waals surface area (Å²) in [6.07, 6.45) is 11.3. The van der Waals surface area contributed by atoms with Crippen LogP contribution in [0.5, 0.6) is 0 Å². The Labute approximate surface area is 109 Å². The predicted molar refractivity (Wildman–Crippen MR) is 73.1 cm³/mol. The van der Waals surface area contributed by atoms with Crippen LogP contribution in [0.15, 0.2) is 34.9 Å². The highest BCUT2D eigenvalue weighted by Crippen LogP contribution is 2.42. The maximum absolute atomic E-state index is 11.9. The molecule has 2 nitrogen and oxygen atoms in total. The fraction of sp³-hybridized carbons (Fsp3) is 0.562. The molecule has 0 heterocycles. The van der Waals surface area contributed by atoms with Crippen LogP contribution in [-0.4, -0.2) is 13.1 Å². The zero-order valence-electron chi connectivity index (χ0n) is 11.5. The zero-order chi connectivity index (χ0) is 13.1. The number of methoxy groups -OCH3 is 1. The van der Waals surface area contributed by atoms with Gasteiger partial charge in [0.1, 0.15) is 0 Å². The molecule has 0 aromatic heterocycles. The number of rotatable bonds is 2. The molecule has 0 aromatic rings. The number of hydrogen-bond acceptors (Lipinski definition) is 2. The van der Waals surface area contributed by atoms with E-state index in [1.54, 1.807) is 0 Å². The lowest BCUT2D eigenvalue weighted by Crippen LogP contribution is -2.27. The van der Waals surface area contributed by atoms with Crippen LogP contribution in [-0.2, 0) is 9.53 Å². The molecule has 2 aliphatic carbocycles. The molecule has 0 aliphatic heterocycles. The lowest BCUT2D eigenvalue weighted by molar-refractivity contribution is -0.136. The number of allylic oxidation sites excluding steroid dienone is 5. The molecule has 2 aliphatic rings. The van der Waals surface area contributed by atoms with Crippen molar-refractivity contribution in [2.24, 2.45) is 11.8 Å². The van der Waals surface area contributed by atoms with E-state index in [0.29, 0.717) is 5.92 Å². The Morgan fingerprint density at radius 2 is 2.11 bits per heavy atom. The van der Waals surface area contributed by atoms with E-state index < -0.39 is 0 Å². The molecule has 0 N–H and O–H groups in total. The van der Waals surface area contributed by atoms with E-state index in [1.807, 2.05) is 6.08 Å². The van der Waals surface area contributed by atoms with Crippen LogP contribution in [0.3, 0.4) is 0 Å². The molecule has 18 heavy (non-hydrogen) atoms. The van der Waals surface area contributed by atoms with Gasteiger partial charge in [0.05, 0.1) is 7.11 Å². The summed E-state index contributed by atoms with van der Waals surface area (Å²) in [5.74, 6) is 0.536. The number of ether oxygens (including phenoxy) is 1. The second kappa shape index (κ2) is 5.55. The highest BCUT2D eigenvalue weighted by Gasteiger charge is 2.33. The summed E-state index contributed by atoms with van der Waals surface area (Å²) in [5.41, 5.74) is 3.59. The fourth-order valence-electron chi connectivity index (χ4n) is 3.09. The molecule has 2 atom stereocenters. The third-order valence-electron chi connectivity index (χ3n) is 3.91. The van der Waals surface area contributed by atoms with Gasteiger partial charge in [-0.25, -0.2) is 4.79 Å². The van der Waals surface area contributed by atoms with Gasteiger partial charge in [0.15, 0.2) is 0 Å². The zero-order valence-corrected chi connectivity index (χ0v) is 11.5. The first-order valence-corrected chi connectivity index (χ1v) is 6.77. The first-order valence-electron chi connectivity index (χ1n) is 6.77. The summed E-state index contributed by atoms with van der Waals surface area (Å²) < 4.78 is 4.92. The number of fused-ring (bicyclic) bond motifs is 1. The maximum Gasteiger partial charge on any atom is 0.334 e. The van der Waals surface area contributed by atoms with E-state index in [1.165, 1.54) is 43.9 Å². The van der Waals surface area contributed by atoms with E-state index in [-0.39, 0.29) is 11.9 Å². The molecule has 0 saturated heterocycles. The molecule has 0 spiro atoms. The van der Waals surface area contributed by atoms with Gasteiger partial charge in [0, 0.05) is 11.5 Å². The maximum atomic E-state index is 11.9. The summed E-state index contributed by atoms with van der Waals surface area (Å²) in [6.45, 7) is 4.19. The van der Waals surface area contributed by atoms with Gasteiger partial charge in [-0.05, 0) is 39.0 Å². The second-order valence-corrected chi connectivity index (χ2v) is 5.48. The van der Waals surface area contributed by atoms with Crippen LogP contribution < -0.4 is 0 Å². The Balaban J connectivity index is 2.36. The summed E-state index contributed by atoms with van der Waals surface area (Å²) in [6, 6.07) is 0. The summed E-state index contributed by atoms with van der Waals surface area (Å²) in [4.78, 5) is 11.9. The van der Waals surface area contributed by atoms with Crippen molar-refractivity contribution in [3.63, 3.8) is 0 Å². The van der Waals surface area contributed by atoms with Crippen molar-refractivity contribution in [2.75, 3.05) is 7.11 Å². The summed E-state index contributed by atoms with van der Waals surface area (Å²) in [5, 5.41) is 0. The first-order chi connectivity index (χ1) is 8.63. The SMILES string of the molecule is COC(=O)C1=CC=C2CCCCC2C1C=C(C)C. The molecular formula is C16H22O2. The van der Waals surface area contributed by atoms with Crippen molar-refractivity contribution in [3.8, 4) is 0 Å². The van der Waals surface area contributed by atoms with Gasteiger partial charge in [0.25, 0.3) is 0 Å². The third-order valence-corrected chi connectivity index (χ3v) is 3.91. The molecule has 1 fully saturated rings. The monoisotopic (exact) mass is 246 g/mol. The Kier molecular flexibility index (Phi) is 4.05. The molecule has 0 aromatic carbocycles. The minimum absolute atomic E-state index is 0.182. The van der Waals surface area contributed by atoms with Crippen molar-refractivity contribution in [1.29, 1.82) is 0 Å². The van der Waals surface area contributed by atoms with E-state index in [9.17, 15) is 4.79 Å². The van der Waals surface area contributed by atoms with Crippen LogP contribution in [0.2, 0.25) is 0 Å². The predicted octanol–water partition coefficient (Wildman–Crippen LogP) is 3.80. The topological polar surface area (TPSA) is 26.3 Å². The van der Waals surface area contributed by atoms with Crippen LogP contribution >= 0.6 is 0 Å². The van der Waals surface area contributed by atoms with Gasteiger partial charge in [-0.3, -0.25) is 0 Å². The molecule has 0 radical (unpaired) electrons. The van der Waals surface area contributed by atoms with Crippen LogP contribution in [0.4, 0.5) is 0 Å². The molecule has 0 bridgehead atoms. The van der Waals surface area contributed by atoms with Crippen LogP contribution in [0.1, 0.15) is 39.5 Å². The Morgan fingerprint density at radius 1 is 1.33 bits per heavy atom. The van der Waals surface area contributed by atoms with Crippen LogP contribution in [0, 0.1) is 11.8 Å². The van der Waals surface area contributed by atoms with Crippen molar-refractivity contribution in [1.82, 2.24) is 0 Å². The van der Waals surface area contributed by atoms with Crippen molar-refractivity contribution < 1.29 is 9.53 Å². The Bertz CT molecular complexity index is 422. The highest BCUT2D eigenvalue weighted by molar-refractivity contribution is 5.90. The minimum Gasteiger partial charge on any atom is -0.466 e. The average molecular weight is 246 g/mol. The van der Waals surface area contributed by atoms with Gasteiger partial charge >= 0.3 is 5.97 Å². The standard InChI is InChI=1S/C16H22O2/c1-11(2)10-15-13-7-5-4-6-12(13)8-9-14(15)16(17)18-3/h8-10,13,15H,4-7H2,1-3H3. The molecule has 98 valence electrons. The number of esters is 1. The smallest absolute Gasteiger partial charge is 0.334 e.